The van der Waals surface area contributed by atoms with Crippen molar-refractivity contribution in [3.63, 3.8) is 0 Å². The fourth-order valence-corrected chi connectivity index (χ4v) is 3.60. The van der Waals surface area contributed by atoms with Gasteiger partial charge in [0.25, 0.3) is 0 Å². The summed E-state index contributed by atoms with van der Waals surface area (Å²) in [5.74, 6) is 0.267. The van der Waals surface area contributed by atoms with Crippen LogP contribution < -0.4 is 5.32 Å². The van der Waals surface area contributed by atoms with Crippen molar-refractivity contribution in [3.05, 3.63) is 29.0 Å². The maximum atomic E-state index is 12.1. The molecule has 108 valence electrons. The Morgan fingerprint density at radius 1 is 1.30 bits per heavy atom. The van der Waals surface area contributed by atoms with E-state index in [2.05, 4.69) is 15.2 Å². The molecule has 2 saturated heterocycles. The minimum absolute atomic E-state index is 0.0959. The van der Waals surface area contributed by atoms with E-state index in [0.29, 0.717) is 5.02 Å². The minimum atomic E-state index is -0.0959. The van der Waals surface area contributed by atoms with E-state index in [1.54, 1.807) is 6.20 Å². The van der Waals surface area contributed by atoms with Gasteiger partial charge in [-0.2, -0.15) is 0 Å². The summed E-state index contributed by atoms with van der Waals surface area (Å²) >= 11 is 5.98. The lowest BCUT2D eigenvalue weighted by atomic mass is 9.79. The number of nitrogens with one attached hydrogen (secondary N) is 1. The number of hydrogen-bond donors (Lipinski definition) is 1. The second-order valence-electron chi connectivity index (χ2n) is 5.93. The predicted octanol–water partition coefficient (Wildman–Crippen LogP) is 2.23. The molecule has 1 amide bonds. The molecule has 1 atom stereocenters. The van der Waals surface area contributed by atoms with Crippen LogP contribution in [0.5, 0.6) is 0 Å². The van der Waals surface area contributed by atoms with Gasteiger partial charge in [-0.3, -0.25) is 14.7 Å². The number of aromatic nitrogens is 1. The lowest BCUT2D eigenvalue weighted by Crippen LogP contribution is -2.32. The van der Waals surface area contributed by atoms with Gasteiger partial charge >= 0.3 is 0 Å². The highest BCUT2D eigenvalue weighted by Gasteiger charge is 2.42. The average molecular weight is 294 g/mol. The summed E-state index contributed by atoms with van der Waals surface area (Å²) in [7, 11) is 0. The van der Waals surface area contributed by atoms with Crippen molar-refractivity contribution in [1.29, 1.82) is 0 Å². The van der Waals surface area contributed by atoms with Crippen molar-refractivity contribution in [1.82, 2.24) is 15.2 Å². The van der Waals surface area contributed by atoms with Crippen molar-refractivity contribution >= 4 is 17.5 Å². The lowest BCUT2D eigenvalue weighted by molar-refractivity contribution is -0.128. The van der Waals surface area contributed by atoms with Crippen molar-refractivity contribution in [2.45, 2.75) is 32.2 Å². The number of carbonyl (C=O) groups excluding carboxylic acids is 1. The van der Waals surface area contributed by atoms with Gasteiger partial charge in [-0.05, 0) is 50.4 Å². The minimum Gasteiger partial charge on any atom is -0.356 e. The SMILES string of the molecule is O=C1NCCC12CCCN(Cc1cncc(Cl)c1)CC2. The van der Waals surface area contributed by atoms with Crippen LogP contribution in [0.1, 0.15) is 31.2 Å². The highest BCUT2D eigenvalue weighted by atomic mass is 35.5. The Hall–Kier alpha value is -1.13. The normalized spacial score (nSPS) is 27.6. The molecule has 1 unspecified atom stereocenters. The third-order valence-corrected chi connectivity index (χ3v) is 4.78. The number of halogens is 1. The Morgan fingerprint density at radius 2 is 2.20 bits per heavy atom. The molecule has 5 heteroatoms. The topological polar surface area (TPSA) is 45.2 Å². The second kappa shape index (κ2) is 5.70. The van der Waals surface area contributed by atoms with E-state index >= 15 is 0 Å². The monoisotopic (exact) mass is 293 g/mol. The molecule has 0 radical (unpaired) electrons. The Bertz CT molecular complexity index is 508. The van der Waals surface area contributed by atoms with Crippen LogP contribution in [0.3, 0.4) is 0 Å². The first-order valence-electron chi connectivity index (χ1n) is 7.28. The second-order valence-corrected chi connectivity index (χ2v) is 6.36. The van der Waals surface area contributed by atoms with Gasteiger partial charge in [0.1, 0.15) is 0 Å². The molecule has 1 aromatic rings. The zero-order valence-corrected chi connectivity index (χ0v) is 12.3. The van der Waals surface area contributed by atoms with Gasteiger partial charge in [0, 0.05) is 25.5 Å². The molecule has 2 fully saturated rings. The molecule has 0 saturated carbocycles. The first kappa shape index (κ1) is 13.8. The first-order chi connectivity index (χ1) is 9.68. The number of amides is 1. The number of hydrogen-bond acceptors (Lipinski definition) is 3. The number of nitrogens with zero attached hydrogens (tertiary/aromatic N) is 2. The van der Waals surface area contributed by atoms with Crippen LogP contribution >= 0.6 is 11.6 Å². The van der Waals surface area contributed by atoms with E-state index in [0.717, 1.165) is 57.4 Å². The molecule has 3 heterocycles. The van der Waals surface area contributed by atoms with Gasteiger partial charge in [0.2, 0.25) is 5.91 Å². The standard InChI is InChI=1S/C15H20ClN3O/c16-13-8-12(9-17-10-13)11-19-6-1-2-15(4-7-19)3-5-18-14(15)20/h8-10H,1-7,11H2,(H,18,20). The summed E-state index contributed by atoms with van der Waals surface area (Å²) in [5.41, 5.74) is 1.05. The Kier molecular flexibility index (Phi) is 3.94. The van der Waals surface area contributed by atoms with E-state index in [1.807, 2.05) is 12.3 Å². The fourth-order valence-electron chi connectivity index (χ4n) is 3.40. The van der Waals surface area contributed by atoms with Crippen LogP contribution in [-0.4, -0.2) is 35.4 Å². The predicted molar refractivity (Wildman–Crippen MR) is 78.4 cm³/mol. The Labute approximate surface area is 124 Å². The molecule has 4 nitrogen and oxygen atoms in total. The van der Waals surface area contributed by atoms with E-state index < -0.39 is 0 Å². The molecular weight excluding hydrogens is 274 g/mol. The molecule has 1 spiro atoms. The van der Waals surface area contributed by atoms with Crippen LogP contribution in [-0.2, 0) is 11.3 Å². The number of pyridine rings is 1. The van der Waals surface area contributed by atoms with Gasteiger partial charge in [0.05, 0.1) is 10.4 Å². The molecule has 1 aromatic heterocycles. The van der Waals surface area contributed by atoms with Crippen LogP contribution in [0.4, 0.5) is 0 Å². The summed E-state index contributed by atoms with van der Waals surface area (Å²) < 4.78 is 0. The van der Waals surface area contributed by atoms with Gasteiger partial charge in [-0.25, -0.2) is 0 Å². The lowest BCUT2D eigenvalue weighted by Gasteiger charge is -2.24. The van der Waals surface area contributed by atoms with Crippen LogP contribution in [0.2, 0.25) is 5.02 Å². The molecule has 2 aliphatic rings. The van der Waals surface area contributed by atoms with E-state index in [1.165, 1.54) is 0 Å². The maximum Gasteiger partial charge on any atom is 0.226 e. The zero-order chi connectivity index (χ0) is 14.0. The number of carbonyl (C=O) groups is 1. The summed E-state index contributed by atoms with van der Waals surface area (Å²) in [5, 5.41) is 3.68. The largest absolute Gasteiger partial charge is 0.356 e. The third kappa shape index (κ3) is 2.81. The number of rotatable bonds is 2. The van der Waals surface area contributed by atoms with Gasteiger partial charge in [-0.1, -0.05) is 11.6 Å². The van der Waals surface area contributed by atoms with Gasteiger partial charge < -0.3 is 5.32 Å². The van der Waals surface area contributed by atoms with Gasteiger partial charge in [0.15, 0.2) is 0 Å². The van der Waals surface area contributed by atoms with Crippen LogP contribution in [0.15, 0.2) is 18.5 Å². The highest BCUT2D eigenvalue weighted by Crippen LogP contribution is 2.38. The Balaban J connectivity index is 1.64. The zero-order valence-electron chi connectivity index (χ0n) is 11.6. The molecule has 0 aromatic carbocycles. The summed E-state index contributed by atoms with van der Waals surface area (Å²) in [6.45, 7) is 3.73. The van der Waals surface area contributed by atoms with Crippen molar-refractivity contribution in [2.75, 3.05) is 19.6 Å². The maximum absolute atomic E-state index is 12.1. The van der Waals surface area contributed by atoms with Crippen molar-refractivity contribution in [2.24, 2.45) is 5.41 Å². The molecule has 0 aliphatic carbocycles. The quantitative estimate of drug-likeness (QED) is 0.909. The summed E-state index contributed by atoms with van der Waals surface area (Å²) in [4.78, 5) is 18.6. The molecule has 20 heavy (non-hydrogen) atoms. The molecule has 1 N–H and O–H groups in total. The molecule has 3 rings (SSSR count). The average Bonchev–Trinajstić information content (AvgIpc) is 2.65. The fraction of sp³-hybridized carbons (Fsp3) is 0.600. The number of likely N-dealkylation sites (tertiary alicyclic amines) is 1. The van der Waals surface area contributed by atoms with Crippen molar-refractivity contribution < 1.29 is 4.79 Å². The van der Waals surface area contributed by atoms with Crippen molar-refractivity contribution in [3.8, 4) is 0 Å². The van der Waals surface area contributed by atoms with Gasteiger partial charge in [-0.15, -0.1) is 0 Å². The third-order valence-electron chi connectivity index (χ3n) is 4.57. The van der Waals surface area contributed by atoms with E-state index in [4.69, 9.17) is 11.6 Å². The van der Waals surface area contributed by atoms with E-state index in [-0.39, 0.29) is 11.3 Å². The summed E-state index contributed by atoms with van der Waals surface area (Å²) in [6.07, 6.45) is 7.59. The van der Waals surface area contributed by atoms with Crippen LogP contribution in [0, 0.1) is 5.41 Å². The summed E-state index contributed by atoms with van der Waals surface area (Å²) in [6, 6.07) is 1.97. The molecular formula is C15H20ClN3O. The molecule has 0 bridgehead atoms. The van der Waals surface area contributed by atoms with Crippen LogP contribution in [0.25, 0.3) is 0 Å². The van der Waals surface area contributed by atoms with E-state index in [9.17, 15) is 4.79 Å². The smallest absolute Gasteiger partial charge is 0.226 e. The Morgan fingerprint density at radius 3 is 2.95 bits per heavy atom. The molecule has 2 aliphatic heterocycles. The highest BCUT2D eigenvalue weighted by molar-refractivity contribution is 6.30. The first-order valence-corrected chi connectivity index (χ1v) is 7.66.